The van der Waals surface area contributed by atoms with Crippen LogP contribution in [0.3, 0.4) is 0 Å². The summed E-state index contributed by atoms with van der Waals surface area (Å²) in [6, 6.07) is 18.5. The molecule has 8 heteroatoms. The number of nitrogens with zero attached hydrogens (tertiary/aromatic N) is 1. The van der Waals surface area contributed by atoms with Crippen LogP contribution in [0.1, 0.15) is 49.5 Å². The van der Waals surface area contributed by atoms with Crippen LogP contribution in [0.2, 0.25) is 10.0 Å². The van der Waals surface area contributed by atoms with E-state index in [-0.39, 0.29) is 17.9 Å². The van der Waals surface area contributed by atoms with Gasteiger partial charge in [-0.3, -0.25) is 14.4 Å². The first-order valence-electron chi connectivity index (χ1n) is 10.4. The Kier molecular flexibility index (Phi) is 6.67. The van der Waals surface area contributed by atoms with Crippen molar-refractivity contribution in [3.8, 4) is 0 Å². The van der Waals surface area contributed by atoms with E-state index < -0.39 is 5.91 Å². The van der Waals surface area contributed by atoms with Gasteiger partial charge in [0, 0.05) is 45.0 Å². The molecule has 0 saturated heterocycles. The van der Waals surface area contributed by atoms with Crippen LogP contribution >= 0.6 is 23.2 Å². The van der Waals surface area contributed by atoms with Crippen LogP contribution in [0.25, 0.3) is 0 Å². The minimum atomic E-state index is -0.484. The van der Waals surface area contributed by atoms with E-state index in [9.17, 15) is 14.4 Å². The van der Waals surface area contributed by atoms with Gasteiger partial charge >= 0.3 is 0 Å². The number of primary amides is 1. The van der Waals surface area contributed by atoms with Gasteiger partial charge in [-0.25, -0.2) is 0 Å². The lowest BCUT2D eigenvalue weighted by molar-refractivity contribution is 0.0729. The molecular formula is C25H21Cl2N3O3. The van der Waals surface area contributed by atoms with E-state index in [4.69, 9.17) is 28.9 Å². The smallest absolute Gasteiger partial charge is 0.255 e. The van der Waals surface area contributed by atoms with E-state index in [1.54, 1.807) is 42.5 Å². The molecule has 3 aromatic carbocycles. The molecule has 4 rings (SSSR count). The number of anilines is 1. The Hall–Kier alpha value is -3.35. The third kappa shape index (κ3) is 5.72. The van der Waals surface area contributed by atoms with Crippen molar-refractivity contribution in [2.75, 3.05) is 5.32 Å². The Morgan fingerprint density at radius 3 is 1.97 bits per heavy atom. The van der Waals surface area contributed by atoms with E-state index in [1.165, 1.54) is 12.1 Å². The number of hydrogen-bond acceptors (Lipinski definition) is 3. The Balaban J connectivity index is 1.44. The fourth-order valence-electron chi connectivity index (χ4n) is 3.47. The quantitative estimate of drug-likeness (QED) is 0.488. The molecule has 1 fully saturated rings. The average Bonchev–Trinajstić information content (AvgIpc) is 3.62. The molecule has 3 N–H and O–H groups in total. The molecule has 6 nitrogen and oxygen atoms in total. The van der Waals surface area contributed by atoms with Crippen molar-refractivity contribution in [1.29, 1.82) is 0 Å². The summed E-state index contributed by atoms with van der Waals surface area (Å²) in [7, 11) is 0. The summed E-state index contributed by atoms with van der Waals surface area (Å²) in [5.41, 5.74) is 8.07. The Morgan fingerprint density at radius 1 is 0.848 bits per heavy atom. The minimum Gasteiger partial charge on any atom is -0.366 e. The zero-order chi connectivity index (χ0) is 23.5. The van der Waals surface area contributed by atoms with E-state index >= 15 is 0 Å². The summed E-state index contributed by atoms with van der Waals surface area (Å²) in [5, 5.41) is 3.52. The monoisotopic (exact) mass is 481 g/mol. The van der Waals surface area contributed by atoms with Crippen LogP contribution in [-0.2, 0) is 6.54 Å². The van der Waals surface area contributed by atoms with E-state index in [1.807, 2.05) is 17.0 Å². The van der Waals surface area contributed by atoms with Gasteiger partial charge in [-0.15, -0.1) is 0 Å². The van der Waals surface area contributed by atoms with Crippen LogP contribution in [0.5, 0.6) is 0 Å². The molecular weight excluding hydrogens is 461 g/mol. The van der Waals surface area contributed by atoms with Crippen LogP contribution in [-0.4, -0.2) is 28.7 Å². The van der Waals surface area contributed by atoms with Gasteiger partial charge in [-0.1, -0.05) is 35.3 Å². The summed E-state index contributed by atoms with van der Waals surface area (Å²) in [6.45, 7) is 0.441. The van der Waals surface area contributed by atoms with Crippen molar-refractivity contribution in [2.45, 2.75) is 25.4 Å². The minimum absolute atomic E-state index is 0.0871. The van der Waals surface area contributed by atoms with Gasteiger partial charge in [0.05, 0.1) is 0 Å². The number of nitrogens with two attached hydrogens (primary N) is 1. The van der Waals surface area contributed by atoms with Crippen molar-refractivity contribution in [2.24, 2.45) is 5.73 Å². The third-order valence-corrected chi connectivity index (χ3v) is 5.79. The summed E-state index contributed by atoms with van der Waals surface area (Å²) < 4.78 is 0. The normalized spacial score (nSPS) is 12.8. The van der Waals surface area contributed by atoms with Gasteiger partial charge in [0.15, 0.2) is 0 Å². The first-order valence-corrected chi connectivity index (χ1v) is 11.1. The van der Waals surface area contributed by atoms with Gasteiger partial charge in [-0.2, -0.15) is 0 Å². The SMILES string of the molecule is NC(=O)c1ccc(CN(C(=O)c2ccc(NC(=O)c3cc(Cl)cc(Cl)c3)cc2)C2CC2)cc1. The van der Waals surface area contributed by atoms with Crippen molar-refractivity contribution in [1.82, 2.24) is 4.90 Å². The van der Waals surface area contributed by atoms with Crippen molar-refractivity contribution < 1.29 is 14.4 Å². The molecule has 0 atom stereocenters. The lowest BCUT2D eigenvalue weighted by Crippen LogP contribution is -2.32. The first kappa shape index (κ1) is 22.8. The second-order valence-electron chi connectivity index (χ2n) is 7.91. The van der Waals surface area contributed by atoms with Crippen LogP contribution < -0.4 is 11.1 Å². The second kappa shape index (κ2) is 9.65. The highest BCUT2D eigenvalue weighted by Crippen LogP contribution is 2.30. The molecule has 0 bridgehead atoms. The van der Waals surface area contributed by atoms with E-state index in [2.05, 4.69) is 5.32 Å². The van der Waals surface area contributed by atoms with Gasteiger partial charge in [0.2, 0.25) is 5.91 Å². The molecule has 1 aliphatic rings. The van der Waals surface area contributed by atoms with Crippen molar-refractivity contribution >= 4 is 46.6 Å². The Labute approximate surface area is 201 Å². The highest BCUT2D eigenvalue weighted by Gasteiger charge is 2.33. The molecule has 1 aliphatic carbocycles. The molecule has 1 saturated carbocycles. The van der Waals surface area contributed by atoms with Gasteiger partial charge < -0.3 is 16.0 Å². The summed E-state index contributed by atoms with van der Waals surface area (Å²) in [6.07, 6.45) is 1.92. The Bertz CT molecular complexity index is 1190. The van der Waals surface area contributed by atoms with Crippen LogP contribution in [0.4, 0.5) is 5.69 Å². The Morgan fingerprint density at radius 2 is 1.42 bits per heavy atom. The van der Waals surface area contributed by atoms with Gasteiger partial charge in [0.25, 0.3) is 11.8 Å². The molecule has 0 aliphatic heterocycles. The predicted octanol–water partition coefficient (Wildman–Crippen LogP) is 5.15. The fraction of sp³-hybridized carbons (Fsp3) is 0.160. The zero-order valence-corrected chi connectivity index (χ0v) is 19.1. The molecule has 0 heterocycles. The largest absolute Gasteiger partial charge is 0.366 e. The number of benzene rings is 3. The molecule has 0 unspecified atom stereocenters. The maximum atomic E-state index is 13.2. The number of amides is 3. The summed E-state index contributed by atoms with van der Waals surface area (Å²) in [5.74, 6) is -0.921. The maximum absolute atomic E-state index is 13.2. The number of nitrogens with one attached hydrogen (secondary N) is 1. The average molecular weight is 482 g/mol. The second-order valence-corrected chi connectivity index (χ2v) is 8.79. The summed E-state index contributed by atoms with van der Waals surface area (Å²) >= 11 is 11.9. The molecule has 33 heavy (non-hydrogen) atoms. The number of halogens is 2. The molecule has 168 valence electrons. The number of carbonyl (C=O) groups is 3. The van der Waals surface area contributed by atoms with Crippen molar-refractivity contribution in [3.05, 3.63) is 99.0 Å². The van der Waals surface area contributed by atoms with E-state index in [0.717, 1.165) is 18.4 Å². The van der Waals surface area contributed by atoms with Gasteiger partial charge in [-0.05, 0) is 73.0 Å². The maximum Gasteiger partial charge on any atom is 0.255 e. The standard InChI is InChI=1S/C25H21Cl2N3O3/c26-19-11-18(12-20(27)13-19)24(32)29-21-7-5-17(6-8-21)25(33)30(22-9-10-22)14-15-1-3-16(4-2-15)23(28)31/h1-8,11-13,22H,9-10,14H2,(H2,28,31)(H,29,32). The highest BCUT2D eigenvalue weighted by molar-refractivity contribution is 6.35. The lowest BCUT2D eigenvalue weighted by Gasteiger charge is -2.23. The number of hydrogen-bond donors (Lipinski definition) is 2. The molecule has 3 amide bonds. The van der Waals surface area contributed by atoms with Gasteiger partial charge in [0.1, 0.15) is 0 Å². The fourth-order valence-corrected chi connectivity index (χ4v) is 4.00. The first-order chi connectivity index (χ1) is 15.8. The summed E-state index contributed by atoms with van der Waals surface area (Å²) in [4.78, 5) is 38.8. The predicted molar refractivity (Wildman–Crippen MR) is 129 cm³/mol. The number of carbonyl (C=O) groups excluding carboxylic acids is 3. The lowest BCUT2D eigenvalue weighted by atomic mass is 10.1. The highest BCUT2D eigenvalue weighted by atomic mass is 35.5. The third-order valence-electron chi connectivity index (χ3n) is 5.35. The van der Waals surface area contributed by atoms with Crippen LogP contribution in [0.15, 0.2) is 66.7 Å². The van der Waals surface area contributed by atoms with Crippen LogP contribution in [0, 0.1) is 0 Å². The molecule has 0 radical (unpaired) electrons. The number of rotatable bonds is 7. The molecule has 0 aromatic heterocycles. The van der Waals surface area contributed by atoms with Crippen molar-refractivity contribution in [3.63, 3.8) is 0 Å². The molecule has 3 aromatic rings. The zero-order valence-electron chi connectivity index (χ0n) is 17.6. The molecule has 0 spiro atoms. The topological polar surface area (TPSA) is 92.5 Å². The van der Waals surface area contributed by atoms with E-state index in [0.29, 0.717) is 39.0 Å².